The number of sulfone groups is 1. The summed E-state index contributed by atoms with van der Waals surface area (Å²) >= 11 is 5.84. The molecule has 0 atom stereocenters. The number of carbonyl (C=O) groups is 1. The highest BCUT2D eigenvalue weighted by Gasteiger charge is 2.17. The molecule has 4 N–H and O–H groups in total. The molecule has 21 heavy (non-hydrogen) atoms. The molecule has 0 aromatic heterocycles. The van der Waals surface area contributed by atoms with Crippen molar-refractivity contribution in [1.29, 1.82) is 0 Å². The molecule has 2 aromatic rings. The van der Waals surface area contributed by atoms with Crippen molar-refractivity contribution >= 4 is 33.0 Å². The number of rotatable bonds is 4. The highest BCUT2D eigenvalue weighted by molar-refractivity contribution is 7.90. The lowest BCUT2D eigenvalue weighted by atomic mass is 10.1. The fraction of sp³-hybridized carbons (Fsp3) is 0.0714. The largest absolute Gasteiger partial charge is 0.398 e. The molecule has 0 unspecified atom stereocenters. The summed E-state index contributed by atoms with van der Waals surface area (Å²) < 4.78 is 24.7. The Morgan fingerprint density at radius 3 is 2.48 bits per heavy atom. The van der Waals surface area contributed by atoms with E-state index in [9.17, 15) is 13.2 Å². The van der Waals surface area contributed by atoms with E-state index in [4.69, 9.17) is 23.1 Å². The molecule has 0 aliphatic carbocycles. The highest BCUT2D eigenvalue weighted by Crippen LogP contribution is 2.25. The van der Waals surface area contributed by atoms with E-state index in [0.29, 0.717) is 11.3 Å². The minimum atomic E-state index is -3.59. The maximum absolute atomic E-state index is 12.3. The number of nitrogens with two attached hydrogens (primary N) is 2. The highest BCUT2D eigenvalue weighted by atomic mass is 35.5. The molecule has 2 rings (SSSR count). The Kier molecular flexibility index (Phi) is 4.20. The number of carbonyl (C=O) groups excluding carboxylic acids is 1. The van der Waals surface area contributed by atoms with Crippen LogP contribution in [0.1, 0.15) is 15.9 Å². The zero-order chi connectivity index (χ0) is 15.6. The Labute approximate surface area is 127 Å². The van der Waals surface area contributed by atoms with E-state index in [1.807, 2.05) is 0 Å². The molecule has 0 bridgehead atoms. The van der Waals surface area contributed by atoms with Crippen LogP contribution in [0.2, 0.25) is 5.02 Å². The van der Waals surface area contributed by atoms with Crippen LogP contribution in [0.5, 0.6) is 0 Å². The molecule has 1 amide bonds. The van der Waals surface area contributed by atoms with Crippen LogP contribution in [0.15, 0.2) is 47.4 Å². The summed E-state index contributed by atoms with van der Waals surface area (Å²) in [7, 11) is -3.59. The third-order valence-corrected chi connectivity index (χ3v) is 4.91. The fourth-order valence-electron chi connectivity index (χ4n) is 1.82. The van der Waals surface area contributed by atoms with Crippen LogP contribution >= 0.6 is 11.6 Å². The van der Waals surface area contributed by atoms with Gasteiger partial charge in [0.25, 0.3) is 0 Å². The lowest BCUT2D eigenvalue weighted by Crippen LogP contribution is -2.12. The van der Waals surface area contributed by atoms with E-state index in [-0.39, 0.29) is 21.2 Å². The van der Waals surface area contributed by atoms with Gasteiger partial charge in [-0.2, -0.15) is 0 Å². The smallest absolute Gasteiger partial charge is 0.248 e. The first-order valence-electron chi connectivity index (χ1n) is 5.96. The predicted octanol–water partition coefficient (Wildman–Crippen LogP) is 2.00. The maximum atomic E-state index is 12.3. The molecule has 0 aliphatic rings. The second-order valence-corrected chi connectivity index (χ2v) is 6.90. The van der Waals surface area contributed by atoms with E-state index in [0.717, 1.165) is 0 Å². The first-order chi connectivity index (χ1) is 9.79. The lowest BCUT2D eigenvalue weighted by molar-refractivity contribution is 0.1000. The molecular weight excluding hydrogens is 312 g/mol. The molecule has 0 aliphatic heterocycles. The molecule has 7 heteroatoms. The van der Waals surface area contributed by atoms with E-state index in [1.165, 1.54) is 30.3 Å². The lowest BCUT2D eigenvalue weighted by Gasteiger charge is -2.07. The van der Waals surface area contributed by atoms with E-state index < -0.39 is 15.7 Å². The third kappa shape index (κ3) is 3.53. The molecule has 2 aromatic carbocycles. The van der Waals surface area contributed by atoms with Gasteiger partial charge in [0.15, 0.2) is 9.84 Å². The summed E-state index contributed by atoms with van der Waals surface area (Å²) in [5.41, 5.74) is 11.8. The third-order valence-electron chi connectivity index (χ3n) is 2.90. The number of halogens is 1. The fourth-order valence-corrected chi connectivity index (χ4v) is 3.42. The average molecular weight is 325 g/mol. The van der Waals surface area contributed by atoms with Crippen LogP contribution in [0.25, 0.3) is 0 Å². The van der Waals surface area contributed by atoms with Gasteiger partial charge in [0, 0.05) is 5.56 Å². The van der Waals surface area contributed by atoms with Crippen molar-refractivity contribution in [1.82, 2.24) is 0 Å². The zero-order valence-electron chi connectivity index (χ0n) is 10.9. The Morgan fingerprint density at radius 2 is 1.86 bits per heavy atom. The molecule has 110 valence electrons. The average Bonchev–Trinajstić information content (AvgIpc) is 2.41. The summed E-state index contributed by atoms with van der Waals surface area (Å²) in [6, 6.07) is 10.3. The summed E-state index contributed by atoms with van der Waals surface area (Å²) in [4.78, 5) is 11.2. The summed E-state index contributed by atoms with van der Waals surface area (Å²) in [6.07, 6.45) is 0. The predicted molar refractivity (Wildman–Crippen MR) is 81.7 cm³/mol. The van der Waals surface area contributed by atoms with Crippen LogP contribution in [-0.4, -0.2) is 14.3 Å². The number of nitrogen functional groups attached to an aromatic ring is 1. The molecule has 0 heterocycles. The second kappa shape index (κ2) is 5.75. The van der Waals surface area contributed by atoms with Crippen LogP contribution in [0.4, 0.5) is 5.69 Å². The first-order valence-corrected chi connectivity index (χ1v) is 7.99. The molecule has 5 nitrogen and oxygen atoms in total. The van der Waals surface area contributed by atoms with Gasteiger partial charge in [-0.05, 0) is 35.9 Å². The van der Waals surface area contributed by atoms with Gasteiger partial charge in [-0.3, -0.25) is 4.79 Å². The van der Waals surface area contributed by atoms with Gasteiger partial charge in [0.1, 0.15) is 0 Å². The number of hydrogen-bond donors (Lipinski definition) is 2. The minimum Gasteiger partial charge on any atom is -0.398 e. The van der Waals surface area contributed by atoms with Gasteiger partial charge in [-0.15, -0.1) is 0 Å². The molecular formula is C14H13ClN2O3S. The number of benzene rings is 2. The number of hydrogen-bond acceptors (Lipinski definition) is 4. The Hall–Kier alpha value is -2.05. The van der Waals surface area contributed by atoms with Gasteiger partial charge in [0.05, 0.1) is 21.4 Å². The van der Waals surface area contributed by atoms with Crippen molar-refractivity contribution < 1.29 is 13.2 Å². The Balaban J connectivity index is 2.35. The van der Waals surface area contributed by atoms with Gasteiger partial charge in [-0.1, -0.05) is 23.7 Å². The van der Waals surface area contributed by atoms with Gasteiger partial charge in [-0.25, -0.2) is 8.42 Å². The van der Waals surface area contributed by atoms with Crippen molar-refractivity contribution in [2.24, 2.45) is 5.73 Å². The quantitative estimate of drug-likeness (QED) is 0.839. The summed E-state index contributed by atoms with van der Waals surface area (Å²) in [5.74, 6) is -0.862. The second-order valence-electron chi connectivity index (χ2n) is 4.51. The van der Waals surface area contributed by atoms with Crippen LogP contribution < -0.4 is 11.5 Å². The standard InChI is InChI=1S/C14H13ClN2O3S/c15-12-7-11(4-5-13(12)16)21(19,20)8-9-2-1-3-10(6-9)14(17)18/h1-7H,8,16H2,(H2,17,18). The zero-order valence-corrected chi connectivity index (χ0v) is 12.5. The monoisotopic (exact) mass is 324 g/mol. The van der Waals surface area contributed by atoms with E-state index in [1.54, 1.807) is 12.1 Å². The van der Waals surface area contributed by atoms with Crippen molar-refractivity contribution in [2.75, 3.05) is 5.73 Å². The van der Waals surface area contributed by atoms with Crippen LogP contribution in [-0.2, 0) is 15.6 Å². The van der Waals surface area contributed by atoms with Crippen LogP contribution in [0, 0.1) is 0 Å². The SMILES string of the molecule is NC(=O)c1cccc(CS(=O)(=O)c2ccc(N)c(Cl)c2)c1. The van der Waals surface area contributed by atoms with Gasteiger partial charge >= 0.3 is 0 Å². The molecule has 0 fully saturated rings. The molecule has 0 spiro atoms. The maximum Gasteiger partial charge on any atom is 0.248 e. The number of primary amides is 1. The van der Waals surface area contributed by atoms with Crippen molar-refractivity contribution in [2.45, 2.75) is 10.6 Å². The van der Waals surface area contributed by atoms with Crippen LogP contribution in [0.3, 0.4) is 0 Å². The molecule has 0 saturated carbocycles. The summed E-state index contributed by atoms with van der Waals surface area (Å²) in [5, 5.41) is 0.182. The van der Waals surface area contributed by atoms with Crippen molar-refractivity contribution in [3.8, 4) is 0 Å². The Morgan fingerprint density at radius 1 is 1.14 bits per heavy atom. The van der Waals surface area contributed by atoms with Gasteiger partial charge in [0.2, 0.25) is 5.91 Å². The van der Waals surface area contributed by atoms with E-state index in [2.05, 4.69) is 0 Å². The van der Waals surface area contributed by atoms with Crippen molar-refractivity contribution in [3.63, 3.8) is 0 Å². The summed E-state index contributed by atoms with van der Waals surface area (Å²) in [6.45, 7) is 0. The van der Waals surface area contributed by atoms with Crippen molar-refractivity contribution in [3.05, 3.63) is 58.6 Å². The number of amides is 1. The van der Waals surface area contributed by atoms with E-state index >= 15 is 0 Å². The normalized spacial score (nSPS) is 11.3. The first kappa shape index (κ1) is 15.3. The topological polar surface area (TPSA) is 103 Å². The molecule has 0 saturated heterocycles. The minimum absolute atomic E-state index is 0.0752. The van der Waals surface area contributed by atoms with Gasteiger partial charge < -0.3 is 11.5 Å². The Bertz CT molecular complexity index is 804. The molecule has 0 radical (unpaired) electrons. The number of anilines is 1.